The van der Waals surface area contributed by atoms with Crippen LogP contribution < -0.4 is 11.5 Å². The Labute approximate surface area is 53.8 Å². The highest BCUT2D eigenvalue weighted by Crippen LogP contribution is 1.97. The van der Waals surface area contributed by atoms with Crippen molar-refractivity contribution >= 4 is 5.84 Å². The van der Waals surface area contributed by atoms with E-state index in [1.807, 2.05) is 7.05 Å². The minimum absolute atomic E-state index is 0.310. The molecular formula is C5H10N4. The Bertz CT molecular complexity index is 160. The normalized spacial score (nSPS) is 26.2. The first-order chi connectivity index (χ1) is 4.20. The molecule has 1 rings (SSSR count). The molecule has 1 atom stereocenters. The van der Waals surface area contributed by atoms with Gasteiger partial charge >= 0.3 is 0 Å². The SMILES string of the molecule is CN1C=CC(N)=NC1N. The van der Waals surface area contributed by atoms with Crippen molar-refractivity contribution in [1.82, 2.24) is 4.90 Å². The van der Waals surface area contributed by atoms with Gasteiger partial charge in [0.1, 0.15) is 5.84 Å². The summed E-state index contributed by atoms with van der Waals surface area (Å²) in [5.41, 5.74) is 10.8. The zero-order chi connectivity index (χ0) is 6.85. The Kier molecular flexibility index (Phi) is 1.40. The summed E-state index contributed by atoms with van der Waals surface area (Å²) in [6, 6.07) is 0. The third-order valence-electron chi connectivity index (χ3n) is 1.18. The monoisotopic (exact) mass is 126 g/mol. The summed E-state index contributed by atoms with van der Waals surface area (Å²) in [6.07, 6.45) is 3.20. The average Bonchev–Trinajstić information content (AvgIpc) is 1.80. The van der Waals surface area contributed by atoms with Gasteiger partial charge in [-0.2, -0.15) is 0 Å². The predicted octanol–water partition coefficient (Wildman–Crippen LogP) is -0.955. The van der Waals surface area contributed by atoms with E-state index >= 15 is 0 Å². The van der Waals surface area contributed by atoms with E-state index in [1.165, 1.54) is 0 Å². The third kappa shape index (κ3) is 1.20. The lowest BCUT2D eigenvalue weighted by Gasteiger charge is -2.21. The van der Waals surface area contributed by atoms with Crippen molar-refractivity contribution in [2.75, 3.05) is 7.05 Å². The Hall–Kier alpha value is -1.03. The summed E-state index contributed by atoms with van der Waals surface area (Å²) >= 11 is 0. The largest absolute Gasteiger partial charge is 0.384 e. The Morgan fingerprint density at radius 2 is 2.44 bits per heavy atom. The maximum absolute atomic E-state index is 5.48. The molecule has 0 aliphatic carbocycles. The van der Waals surface area contributed by atoms with Crippen LogP contribution in [0.2, 0.25) is 0 Å². The fraction of sp³-hybridized carbons (Fsp3) is 0.400. The zero-order valence-electron chi connectivity index (χ0n) is 5.28. The van der Waals surface area contributed by atoms with Gasteiger partial charge < -0.3 is 10.6 Å². The molecule has 1 aliphatic rings. The number of amidine groups is 1. The van der Waals surface area contributed by atoms with Crippen LogP contribution in [0.5, 0.6) is 0 Å². The highest BCUT2D eigenvalue weighted by atomic mass is 15.3. The van der Waals surface area contributed by atoms with Crippen LogP contribution >= 0.6 is 0 Å². The molecule has 4 nitrogen and oxygen atoms in total. The summed E-state index contributed by atoms with van der Waals surface area (Å²) in [7, 11) is 1.84. The highest BCUT2D eigenvalue weighted by molar-refractivity contribution is 5.91. The fourth-order valence-corrected chi connectivity index (χ4v) is 0.569. The Balaban J connectivity index is 2.70. The minimum atomic E-state index is -0.310. The first kappa shape index (κ1) is 6.10. The van der Waals surface area contributed by atoms with Crippen LogP contribution in [-0.4, -0.2) is 24.1 Å². The molecule has 4 heteroatoms. The van der Waals surface area contributed by atoms with E-state index in [4.69, 9.17) is 11.5 Å². The molecule has 0 saturated carbocycles. The second-order valence-electron chi connectivity index (χ2n) is 1.95. The minimum Gasteiger partial charge on any atom is -0.384 e. The van der Waals surface area contributed by atoms with Crippen LogP contribution in [0.3, 0.4) is 0 Å². The van der Waals surface area contributed by atoms with E-state index in [1.54, 1.807) is 17.2 Å². The molecule has 50 valence electrons. The van der Waals surface area contributed by atoms with Crippen molar-refractivity contribution in [2.45, 2.75) is 6.29 Å². The lowest BCUT2D eigenvalue weighted by molar-refractivity contribution is 0.344. The van der Waals surface area contributed by atoms with Crippen molar-refractivity contribution in [3.05, 3.63) is 12.3 Å². The maximum atomic E-state index is 5.48. The summed E-state index contributed by atoms with van der Waals surface area (Å²) in [5, 5.41) is 0. The predicted molar refractivity (Wildman–Crippen MR) is 36.5 cm³/mol. The Morgan fingerprint density at radius 1 is 1.78 bits per heavy atom. The first-order valence-electron chi connectivity index (χ1n) is 2.69. The van der Waals surface area contributed by atoms with Gasteiger partial charge in [-0.15, -0.1) is 0 Å². The van der Waals surface area contributed by atoms with Gasteiger partial charge in [-0.25, -0.2) is 4.99 Å². The summed E-state index contributed by atoms with van der Waals surface area (Å²) in [5.74, 6) is 0.487. The fourth-order valence-electron chi connectivity index (χ4n) is 0.569. The van der Waals surface area contributed by atoms with Crippen LogP contribution in [0.1, 0.15) is 0 Å². The van der Waals surface area contributed by atoms with Crippen molar-refractivity contribution < 1.29 is 0 Å². The molecule has 1 heterocycles. The van der Waals surface area contributed by atoms with Crippen molar-refractivity contribution in [3.63, 3.8) is 0 Å². The topological polar surface area (TPSA) is 67.6 Å². The van der Waals surface area contributed by atoms with Crippen LogP contribution in [-0.2, 0) is 0 Å². The van der Waals surface area contributed by atoms with E-state index in [9.17, 15) is 0 Å². The van der Waals surface area contributed by atoms with E-state index in [2.05, 4.69) is 4.99 Å². The van der Waals surface area contributed by atoms with E-state index in [-0.39, 0.29) is 6.29 Å². The van der Waals surface area contributed by atoms with Crippen LogP contribution in [0, 0.1) is 0 Å². The van der Waals surface area contributed by atoms with Gasteiger partial charge in [-0.05, 0) is 6.08 Å². The molecule has 0 aromatic carbocycles. The molecule has 0 aromatic rings. The lowest BCUT2D eigenvalue weighted by Crippen LogP contribution is -2.38. The van der Waals surface area contributed by atoms with E-state index in [0.29, 0.717) is 5.84 Å². The number of aliphatic imine (C=N–C) groups is 1. The molecule has 1 unspecified atom stereocenters. The molecule has 0 amide bonds. The summed E-state index contributed by atoms with van der Waals surface area (Å²) in [4.78, 5) is 5.65. The maximum Gasteiger partial charge on any atom is 0.175 e. The average molecular weight is 126 g/mol. The van der Waals surface area contributed by atoms with Gasteiger partial charge in [-0.3, -0.25) is 5.73 Å². The van der Waals surface area contributed by atoms with E-state index < -0.39 is 0 Å². The molecule has 0 radical (unpaired) electrons. The van der Waals surface area contributed by atoms with Gasteiger partial charge in [0.25, 0.3) is 0 Å². The van der Waals surface area contributed by atoms with Crippen LogP contribution in [0.4, 0.5) is 0 Å². The van der Waals surface area contributed by atoms with Gasteiger partial charge in [-0.1, -0.05) is 0 Å². The van der Waals surface area contributed by atoms with Crippen LogP contribution in [0.15, 0.2) is 17.3 Å². The van der Waals surface area contributed by atoms with Crippen molar-refractivity contribution in [3.8, 4) is 0 Å². The number of nitrogens with zero attached hydrogens (tertiary/aromatic N) is 2. The molecule has 1 aliphatic heterocycles. The number of hydrogen-bond acceptors (Lipinski definition) is 4. The second kappa shape index (κ2) is 2.06. The zero-order valence-corrected chi connectivity index (χ0v) is 5.28. The molecule has 0 aromatic heterocycles. The molecule has 0 saturated heterocycles. The molecule has 4 N–H and O–H groups in total. The second-order valence-corrected chi connectivity index (χ2v) is 1.95. The van der Waals surface area contributed by atoms with Crippen LogP contribution in [0.25, 0.3) is 0 Å². The number of rotatable bonds is 0. The van der Waals surface area contributed by atoms with E-state index in [0.717, 1.165) is 0 Å². The molecule has 0 spiro atoms. The van der Waals surface area contributed by atoms with Crippen molar-refractivity contribution in [1.29, 1.82) is 0 Å². The summed E-state index contributed by atoms with van der Waals surface area (Å²) in [6.45, 7) is 0. The molecular weight excluding hydrogens is 116 g/mol. The standard InChI is InChI=1S/C5H10N4/c1-9-3-2-4(6)8-5(9)7/h2-3,5H,7H2,1H3,(H2,6,8). The molecule has 0 bridgehead atoms. The van der Waals surface area contributed by atoms with Gasteiger partial charge in [0.2, 0.25) is 0 Å². The quantitative estimate of drug-likeness (QED) is 0.439. The van der Waals surface area contributed by atoms with Crippen molar-refractivity contribution in [2.24, 2.45) is 16.5 Å². The highest BCUT2D eigenvalue weighted by Gasteiger charge is 2.06. The van der Waals surface area contributed by atoms with Gasteiger partial charge in [0.15, 0.2) is 6.29 Å². The molecule has 9 heavy (non-hydrogen) atoms. The number of hydrogen-bond donors (Lipinski definition) is 2. The number of nitrogens with two attached hydrogens (primary N) is 2. The third-order valence-corrected chi connectivity index (χ3v) is 1.18. The molecule has 0 fully saturated rings. The van der Waals surface area contributed by atoms with Gasteiger partial charge in [0.05, 0.1) is 0 Å². The lowest BCUT2D eigenvalue weighted by atomic mass is 10.5. The van der Waals surface area contributed by atoms with Gasteiger partial charge in [0, 0.05) is 13.2 Å². The first-order valence-corrected chi connectivity index (χ1v) is 2.69. The smallest absolute Gasteiger partial charge is 0.175 e. The summed E-state index contributed by atoms with van der Waals surface area (Å²) < 4.78 is 0. The Morgan fingerprint density at radius 3 is 2.89 bits per heavy atom.